The summed E-state index contributed by atoms with van der Waals surface area (Å²) in [6, 6.07) is 11.9. The van der Waals surface area contributed by atoms with E-state index in [1.807, 2.05) is 29.6 Å². The lowest BCUT2D eigenvalue weighted by atomic mass is 10.1. The van der Waals surface area contributed by atoms with Crippen molar-refractivity contribution in [1.29, 1.82) is 0 Å². The number of nitrogens with one attached hydrogen (secondary N) is 1. The van der Waals surface area contributed by atoms with Crippen LogP contribution < -0.4 is 10.2 Å². The van der Waals surface area contributed by atoms with Gasteiger partial charge in [-0.3, -0.25) is 0 Å². The number of rotatable bonds is 10. The number of hydrogen-bond acceptors (Lipinski definition) is 4. The van der Waals surface area contributed by atoms with Gasteiger partial charge in [0, 0.05) is 41.8 Å². The summed E-state index contributed by atoms with van der Waals surface area (Å²) in [5.74, 6) is 0. The van der Waals surface area contributed by atoms with E-state index in [4.69, 9.17) is 11.6 Å². The van der Waals surface area contributed by atoms with Gasteiger partial charge in [-0.15, -0.1) is 11.3 Å². The Morgan fingerprint density at radius 2 is 1.81 bits per heavy atom. The van der Waals surface area contributed by atoms with E-state index in [1.54, 1.807) is 18.0 Å². The van der Waals surface area contributed by atoms with Crippen molar-refractivity contribution in [2.75, 3.05) is 23.8 Å². The van der Waals surface area contributed by atoms with Crippen LogP contribution in [0, 0.1) is 0 Å². The number of aromatic nitrogens is 1. The first-order chi connectivity index (χ1) is 15.3. The molecule has 3 aromatic rings. The predicted molar refractivity (Wildman–Crippen MR) is 129 cm³/mol. The van der Waals surface area contributed by atoms with Gasteiger partial charge >= 0.3 is 6.18 Å². The molecule has 0 atom stereocenters. The van der Waals surface area contributed by atoms with Crippen molar-refractivity contribution in [2.24, 2.45) is 0 Å². The first kappa shape index (κ1) is 24.4. The van der Waals surface area contributed by atoms with E-state index in [9.17, 15) is 13.2 Å². The van der Waals surface area contributed by atoms with Crippen LogP contribution in [0.1, 0.15) is 49.4 Å². The van der Waals surface area contributed by atoms with E-state index in [-0.39, 0.29) is 5.69 Å². The van der Waals surface area contributed by atoms with Crippen molar-refractivity contribution < 1.29 is 13.2 Å². The van der Waals surface area contributed by atoms with Crippen LogP contribution in [-0.4, -0.2) is 18.6 Å². The van der Waals surface area contributed by atoms with Gasteiger partial charge in [0.2, 0.25) is 0 Å². The van der Waals surface area contributed by atoms with Gasteiger partial charge < -0.3 is 10.2 Å². The van der Waals surface area contributed by atoms with Crippen LogP contribution in [0.25, 0.3) is 0 Å². The van der Waals surface area contributed by atoms with Crippen LogP contribution in [-0.2, 0) is 12.6 Å². The number of halogens is 4. The Morgan fingerprint density at radius 1 is 1.06 bits per heavy atom. The molecule has 0 saturated heterocycles. The highest BCUT2D eigenvalue weighted by molar-refractivity contribution is 7.13. The first-order valence-corrected chi connectivity index (χ1v) is 11.9. The Hall–Kier alpha value is -2.25. The van der Waals surface area contributed by atoms with E-state index in [1.165, 1.54) is 17.4 Å². The average Bonchev–Trinajstić information content (AvgIpc) is 3.19. The van der Waals surface area contributed by atoms with Crippen LogP contribution >= 0.6 is 22.9 Å². The zero-order valence-electron chi connectivity index (χ0n) is 18.2. The molecule has 3 nitrogen and oxygen atoms in total. The number of nitrogens with zero attached hydrogens (tertiary/aromatic N) is 2. The van der Waals surface area contributed by atoms with Crippen molar-refractivity contribution in [3.63, 3.8) is 0 Å². The molecule has 0 fully saturated rings. The van der Waals surface area contributed by atoms with E-state index >= 15 is 0 Å². The number of unbranched alkanes of at least 4 members (excludes halogenated alkanes) is 3. The lowest BCUT2D eigenvalue weighted by Crippen LogP contribution is -2.22. The maximum absolute atomic E-state index is 13.8. The lowest BCUT2D eigenvalue weighted by Gasteiger charge is -2.24. The summed E-state index contributed by atoms with van der Waals surface area (Å²) in [7, 11) is 1.72. The van der Waals surface area contributed by atoms with Gasteiger partial charge in [-0.25, -0.2) is 4.98 Å². The predicted octanol–water partition coefficient (Wildman–Crippen LogP) is 8.17. The monoisotopic (exact) mass is 481 g/mol. The molecular weight excluding hydrogens is 455 g/mol. The fraction of sp³-hybridized carbons (Fsp3) is 0.375. The molecule has 1 aromatic heterocycles. The normalized spacial score (nSPS) is 11.6. The van der Waals surface area contributed by atoms with E-state index in [0.717, 1.165) is 43.0 Å². The zero-order valence-corrected chi connectivity index (χ0v) is 19.7. The number of hydrogen-bond donors (Lipinski definition) is 1. The summed E-state index contributed by atoms with van der Waals surface area (Å²) in [6.45, 7) is 2.71. The summed E-state index contributed by atoms with van der Waals surface area (Å²) in [5, 5.41) is 6.16. The third kappa shape index (κ3) is 6.87. The van der Waals surface area contributed by atoms with Gasteiger partial charge in [0.25, 0.3) is 0 Å². The fourth-order valence-electron chi connectivity index (χ4n) is 3.45. The molecule has 0 bridgehead atoms. The minimum Gasteiger partial charge on any atom is -0.374 e. The second-order valence-electron chi connectivity index (χ2n) is 7.78. The largest absolute Gasteiger partial charge is 0.418 e. The van der Waals surface area contributed by atoms with E-state index in [0.29, 0.717) is 28.8 Å². The molecule has 8 heteroatoms. The van der Waals surface area contributed by atoms with Gasteiger partial charge in [-0.2, -0.15) is 13.2 Å². The van der Waals surface area contributed by atoms with E-state index in [2.05, 4.69) is 17.2 Å². The summed E-state index contributed by atoms with van der Waals surface area (Å²) >= 11 is 7.28. The molecule has 0 unspecified atom stereocenters. The van der Waals surface area contributed by atoms with Gasteiger partial charge in [0.05, 0.1) is 11.3 Å². The minimum atomic E-state index is -4.44. The SMILES string of the molecule is CCCCCCN(C)c1ccc(Nc2nc(Cc3ccc(Cl)cc3)cs2)cc1C(F)(F)F. The van der Waals surface area contributed by atoms with Crippen molar-refractivity contribution in [2.45, 2.75) is 45.2 Å². The molecule has 0 spiro atoms. The van der Waals surface area contributed by atoms with Crippen LogP contribution in [0.15, 0.2) is 47.8 Å². The van der Waals surface area contributed by atoms with Gasteiger partial charge in [-0.05, 0) is 42.3 Å². The maximum atomic E-state index is 13.8. The lowest BCUT2D eigenvalue weighted by molar-refractivity contribution is -0.137. The minimum absolute atomic E-state index is 0.196. The third-order valence-electron chi connectivity index (χ3n) is 5.16. The van der Waals surface area contributed by atoms with Crippen molar-refractivity contribution >= 4 is 39.4 Å². The third-order valence-corrected chi connectivity index (χ3v) is 6.22. The highest BCUT2D eigenvalue weighted by Gasteiger charge is 2.34. The molecular formula is C24H27ClF3N3S. The van der Waals surface area contributed by atoms with Gasteiger partial charge in [0.1, 0.15) is 0 Å². The Balaban J connectivity index is 1.71. The number of benzene rings is 2. The Kier molecular flexibility index (Phi) is 8.43. The molecule has 1 N–H and O–H groups in total. The van der Waals surface area contributed by atoms with Gasteiger partial charge in [-0.1, -0.05) is 49.9 Å². The Morgan fingerprint density at radius 3 is 2.50 bits per heavy atom. The van der Waals surface area contributed by atoms with Crippen molar-refractivity contribution in [3.8, 4) is 0 Å². The van der Waals surface area contributed by atoms with Crippen LogP contribution in [0.4, 0.5) is 29.7 Å². The Bertz CT molecular complexity index is 1000. The molecule has 172 valence electrons. The maximum Gasteiger partial charge on any atom is 0.418 e. The first-order valence-electron chi connectivity index (χ1n) is 10.6. The molecule has 0 aliphatic heterocycles. The molecule has 2 aromatic carbocycles. The Labute approximate surface area is 196 Å². The molecule has 3 rings (SSSR count). The van der Waals surface area contributed by atoms with Gasteiger partial charge in [0.15, 0.2) is 5.13 Å². The molecule has 0 amide bonds. The quantitative estimate of drug-likeness (QED) is 0.296. The average molecular weight is 482 g/mol. The fourth-order valence-corrected chi connectivity index (χ4v) is 4.31. The molecule has 0 radical (unpaired) electrons. The molecule has 32 heavy (non-hydrogen) atoms. The number of thiazole rings is 1. The summed E-state index contributed by atoms with van der Waals surface area (Å²) in [5.41, 5.74) is 1.84. The molecule has 1 heterocycles. The smallest absolute Gasteiger partial charge is 0.374 e. The molecule has 0 aliphatic carbocycles. The topological polar surface area (TPSA) is 28.2 Å². The molecule has 0 aliphatic rings. The van der Waals surface area contributed by atoms with Crippen LogP contribution in [0.5, 0.6) is 0 Å². The van der Waals surface area contributed by atoms with Crippen LogP contribution in [0.3, 0.4) is 0 Å². The highest BCUT2D eigenvalue weighted by Crippen LogP contribution is 2.39. The number of anilines is 3. The van der Waals surface area contributed by atoms with Crippen LogP contribution in [0.2, 0.25) is 5.02 Å². The van der Waals surface area contributed by atoms with E-state index < -0.39 is 11.7 Å². The highest BCUT2D eigenvalue weighted by atomic mass is 35.5. The number of alkyl halides is 3. The molecule has 0 saturated carbocycles. The standard InChI is InChI=1S/C24H27ClF3N3S/c1-3-4-5-6-13-31(2)22-12-11-19(15-21(22)24(26,27)28)29-23-30-20(16-32-23)14-17-7-9-18(25)10-8-17/h7-12,15-16H,3-6,13-14H2,1-2H3,(H,29,30). The summed E-state index contributed by atoms with van der Waals surface area (Å²) in [4.78, 5) is 6.20. The van der Waals surface area contributed by atoms with Crippen molar-refractivity contribution in [1.82, 2.24) is 4.98 Å². The summed E-state index contributed by atoms with van der Waals surface area (Å²) < 4.78 is 41.3. The second kappa shape index (κ2) is 11.1. The summed E-state index contributed by atoms with van der Waals surface area (Å²) in [6.07, 6.45) is 0.270. The van der Waals surface area contributed by atoms with Crippen molar-refractivity contribution in [3.05, 3.63) is 69.7 Å². The second-order valence-corrected chi connectivity index (χ2v) is 9.08. The zero-order chi connectivity index (χ0) is 23.1.